The summed E-state index contributed by atoms with van der Waals surface area (Å²) in [7, 11) is 0. The van der Waals surface area contributed by atoms with Gasteiger partial charge in [0.25, 0.3) is 0 Å². The van der Waals surface area contributed by atoms with Crippen LogP contribution in [0, 0.1) is 0 Å². The van der Waals surface area contributed by atoms with Crippen molar-refractivity contribution in [1.82, 2.24) is 15.5 Å². The van der Waals surface area contributed by atoms with Crippen molar-refractivity contribution in [1.29, 1.82) is 0 Å². The Balaban J connectivity index is 1.79. The van der Waals surface area contributed by atoms with E-state index < -0.39 is 11.3 Å². The van der Waals surface area contributed by atoms with Crippen LogP contribution in [0.2, 0.25) is 0 Å². The van der Waals surface area contributed by atoms with E-state index in [2.05, 4.69) is 15.5 Å². The van der Waals surface area contributed by atoms with Crippen LogP contribution in [0.4, 0.5) is 9.18 Å². The maximum atomic E-state index is 14.8. The second kappa shape index (κ2) is 6.93. The van der Waals surface area contributed by atoms with Crippen molar-refractivity contribution < 1.29 is 13.9 Å². The van der Waals surface area contributed by atoms with Crippen LogP contribution in [0.15, 0.2) is 0 Å². The molecule has 2 N–H and O–H groups in total. The average molecular weight is 329 g/mol. The Morgan fingerprint density at radius 2 is 1.78 bits per heavy atom. The van der Waals surface area contributed by atoms with Crippen molar-refractivity contribution in [2.45, 2.75) is 70.2 Å². The molecule has 2 heterocycles. The highest BCUT2D eigenvalue weighted by Gasteiger charge is 2.38. The first-order chi connectivity index (χ1) is 10.6. The summed E-state index contributed by atoms with van der Waals surface area (Å²) in [6, 6.07) is 0. The number of hydrogen-bond acceptors (Lipinski definition) is 4. The Morgan fingerprint density at radius 3 is 2.30 bits per heavy atom. The van der Waals surface area contributed by atoms with Gasteiger partial charge in [-0.1, -0.05) is 0 Å². The Morgan fingerprint density at radius 1 is 1.22 bits per heavy atom. The molecule has 0 radical (unpaired) electrons. The zero-order chi connectivity index (χ0) is 17.1. The summed E-state index contributed by atoms with van der Waals surface area (Å²) < 4.78 is 20.1. The lowest BCUT2D eigenvalue weighted by Crippen LogP contribution is -2.56. The number of rotatable bonds is 3. The van der Waals surface area contributed by atoms with Gasteiger partial charge in [-0.2, -0.15) is 0 Å². The van der Waals surface area contributed by atoms with E-state index in [1.165, 1.54) is 0 Å². The van der Waals surface area contributed by atoms with Gasteiger partial charge in [0.2, 0.25) is 0 Å². The van der Waals surface area contributed by atoms with Crippen LogP contribution in [0.1, 0.15) is 53.4 Å². The van der Waals surface area contributed by atoms with Gasteiger partial charge in [-0.15, -0.1) is 0 Å². The van der Waals surface area contributed by atoms with Crippen LogP contribution in [-0.2, 0) is 4.74 Å². The lowest BCUT2D eigenvalue weighted by atomic mass is 9.87. The highest BCUT2D eigenvalue weighted by Crippen LogP contribution is 2.28. The third-order valence-electron chi connectivity index (χ3n) is 4.77. The summed E-state index contributed by atoms with van der Waals surface area (Å²) in [6.07, 6.45) is 2.46. The Kier molecular flexibility index (Phi) is 5.56. The first-order valence-corrected chi connectivity index (χ1v) is 8.72. The second-order valence-corrected chi connectivity index (χ2v) is 8.36. The van der Waals surface area contributed by atoms with E-state index in [1.54, 1.807) is 0 Å². The molecule has 23 heavy (non-hydrogen) atoms. The van der Waals surface area contributed by atoms with Crippen molar-refractivity contribution >= 4 is 6.09 Å². The number of nitrogens with one attached hydrogen (secondary N) is 2. The molecule has 5 nitrogen and oxygen atoms in total. The largest absolute Gasteiger partial charge is 0.444 e. The number of amides is 1. The lowest BCUT2D eigenvalue weighted by molar-refractivity contribution is 0.0260. The Hall–Kier alpha value is -0.880. The number of alkyl carbamates (subject to hydrolysis) is 1. The van der Waals surface area contributed by atoms with Gasteiger partial charge in [-0.3, -0.25) is 4.90 Å². The molecule has 1 amide bonds. The smallest absolute Gasteiger partial charge is 0.408 e. The molecule has 6 heteroatoms. The van der Waals surface area contributed by atoms with E-state index in [0.29, 0.717) is 19.4 Å². The predicted molar refractivity (Wildman–Crippen MR) is 89.4 cm³/mol. The van der Waals surface area contributed by atoms with Gasteiger partial charge in [0, 0.05) is 25.2 Å². The number of carbonyl (C=O) groups excluding carboxylic acids is 1. The van der Waals surface area contributed by atoms with E-state index in [9.17, 15) is 9.18 Å². The van der Waals surface area contributed by atoms with Gasteiger partial charge in [0.1, 0.15) is 11.3 Å². The molecular weight excluding hydrogens is 297 g/mol. The Bertz CT molecular complexity index is 409. The number of alkyl halides is 1. The van der Waals surface area contributed by atoms with Gasteiger partial charge < -0.3 is 15.4 Å². The number of carbonyl (C=O) groups is 1. The third-order valence-corrected chi connectivity index (χ3v) is 4.77. The van der Waals surface area contributed by atoms with E-state index >= 15 is 0 Å². The monoisotopic (exact) mass is 329 g/mol. The van der Waals surface area contributed by atoms with E-state index in [1.807, 2.05) is 27.7 Å². The number of piperidine rings is 2. The maximum absolute atomic E-state index is 14.8. The van der Waals surface area contributed by atoms with Gasteiger partial charge in [0.15, 0.2) is 0 Å². The summed E-state index contributed by atoms with van der Waals surface area (Å²) in [5.41, 5.74) is -1.81. The zero-order valence-corrected chi connectivity index (χ0v) is 15.0. The number of hydrogen-bond donors (Lipinski definition) is 2. The number of ether oxygens (including phenoxy) is 1. The molecule has 2 aliphatic rings. The number of nitrogens with zero attached hydrogens (tertiary/aromatic N) is 1. The predicted octanol–water partition coefficient (Wildman–Crippen LogP) is 2.46. The first kappa shape index (κ1) is 18.5. The van der Waals surface area contributed by atoms with Gasteiger partial charge >= 0.3 is 6.09 Å². The molecule has 134 valence electrons. The minimum absolute atomic E-state index is 0.267. The van der Waals surface area contributed by atoms with E-state index in [-0.39, 0.29) is 11.6 Å². The van der Waals surface area contributed by atoms with Gasteiger partial charge in [-0.05, 0) is 66.5 Å². The molecule has 0 aliphatic carbocycles. The lowest BCUT2D eigenvalue weighted by Gasteiger charge is -2.43. The van der Waals surface area contributed by atoms with Crippen LogP contribution < -0.4 is 10.6 Å². The molecule has 2 rings (SSSR count). The van der Waals surface area contributed by atoms with Crippen LogP contribution in [0.3, 0.4) is 0 Å². The molecule has 0 aromatic carbocycles. The summed E-state index contributed by atoms with van der Waals surface area (Å²) in [5.74, 6) is 0. The average Bonchev–Trinajstić information content (AvgIpc) is 2.40. The highest BCUT2D eigenvalue weighted by atomic mass is 19.1. The summed E-state index contributed by atoms with van der Waals surface area (Å²) >= 11 is 0. The molecule has 0 bridgehead atoms. The first-order valence-electron chi connectivity index (χ1n) is 8.72. The fourth-order valence-corrected chi connectivity index (χ4v) is 3.31. The second-order valence-electron chi connectivity index (χ2n) is 8.36. The SMILES string of the molecule is CC1(NC(=O)OC(C)(C)C)CCN(CC2(F)CCNCC2)CC1. The van der Waals surface area contributed by atoms with E-state index in [0.717, 1.165) is 39.0 Å². The summed E-state index contributed by atoms with van der Waals surface area (Å²) in [4.78, 5) is 14.2. The fourth-order valence-electron chi connectivity index (χ4n) is 3.31. The van der Waals surface area contributed by atoms with Crippen molar-refractivity contribution in [2.75, 3.05) is 32.7 Å². The standard InChI is InChI=1S/C17H32FN3O2/c1-15(2,3)23-14(22)20-16(4)7-11-21(12-8-16)13-17(18)5-9-19-10-6-17/h19H,5-13H2,1-4H3,(H,20,22). The topological polar surface area (TPSA) is 53.6 Å². The molecule has 0 aromatic heterocycles. The van der Waals surface area contributed by atoms with E-state index in [4.69, 9.17) is 4.74 Å². The van der Waals surface area contributed by atoms with Gasteiger partial charge in [0.05, 0.1) is 0 Å². The molecule has 0 unspecified atom stereocenters. The summed E-state index contributed by atoms with van der Waals surface area (Å²) in [5, 5.41) is 6.20. The van der Waals surface area contributed by atoms with Crippen molar-refractivity contribution in [3.8, 4) is 0 Å². The number of halogens is 1. The normalized spacial score (nSPS) is 24.9. The van der Waals surface area contributed by atoms with Crippen LogP contribution in [0.5, 0.6) is 0 Å². The molecular formula is C17H32FN3O2. The molecule has 0 aromatic rings. The molecule has 0 saturated carbocycles. The number of likely N-dealkylation sites (tertiary alicyclic amines) is 1. The van der Waals surface area contributed by atoms with Crippen LogP contribution in [-0.4, -0.2) is 60.5 Å². The molecule has 2 saturated heterocycles. The minimum atomic E-state index is -1.06. The molecule has 2 fully saturated rings. The fraction of sp³-hybridized carbons (Fsp3) is 0.941. The van der Waals surface area contributed by atoms with Crippen LogP contribution in [0.25, 0.3) is 0 Å². The minimum Gasteiger partial charge on any atom is -0.444 e. The quantitative estimate of drug-likeness (QED) is 0.835. The molecule has 0 spiro atoms. The third kappa shape index (κ3) is 5.92. The van der Waals surface area contributed by atoms with Gasteiger partial charge in [-0.25, -0.2) is 9.18 Å². The maximum Gasteiger partial charge on any atom is 0.408 e. The Labute approximate surface area is 139 Å². The summed E-state index contributed by atoms with van der Waals surface area (Å²) in [6.45, 7) is 11.3. The highest BCUT2D eigenvalue weighted by molar-refractivity contribution is 5.68. The van der Waals surface area contributed by atoms with Crippen molar-refractivity contribution in [3.63, 3.8) is 0 Å². The molecule has 2 aliphatic heterocycles. The van der Waals surface area contributed by atoms with Crippen molar-refractivity contribution in [2.24, 2.45) is 0 Å². The van der Waals surface area contributed by atoms with Crippen molar-refractivity contribution in [3.05, 3.63) is 0 Å². The zero-order valence-electron chi connectivity index (χ0n) is 15.0. The molecule has 0 atom stereocenters. The van der Waals surface area contributed by atoms with Crippen LogP contribution >= 0.6 is 0 Å².